The Morgan fingerprint density at radius 3 is 2.62 bits per heavy atom. The van der Waals surface area contributed by atoms with Crippen molar-refractivity contribution in [1.29, 1.82) is 0 Å². The van der Waals surface area contributed by atoms with Gasteiger partial charge in [0.2, 0.25) is 0 Å². The summed E-state index contributed by atoms with van der Waals surface area (Å²) in [7, 11) is 0. The quantitative estimate of drug-likeness (QED) is 0.793. The van der Waals surface area contributed by atoms with Crippen LogP contribution >= 0.6 is 0 Å². The lowest BCUT2D eigenvalue weighted by molar-refractivity contribution is 0.169. The van der Waals surface area contributed by atoms with E-state index in [4.69, 9.17) is 0 Å². The van der Waals surface area contributed by atoms with Gasteiger partial charge in [-0.15, -0.1) is 0 Å². The van der Waals surface area contributed by atoms with Crippen molar-refractivity contribution in [3.8, 4) is 0 Å². The van der Waals surface area contributed by atoms with Gasteiger partial charge in [0.25, 0.3) is 0 Å². The van der Waals surface area contributed by atoms with Gasteiger partial charge in [-0.3, -0.25) is 0 Å². The maximum atomic E-state index is 14.0. The van der Waals surface area contributed by atoms with Crippen LogP contribution < -0.4 is 5.32 Å². The van der Waals surface area contributed by atoms with Crippen LogP contribution in [0.15, 0.2) is 24.3 Å². The van der Waals surface area contributed by atoms with Gasteiger partial charge in [0, 0.05) is 6.04 Å². The molecule has 1 aliphatic rings. The van der Waals surface area contributed by atoms with Crippen molar-refractivity contribution >= 4 is 0 Å². The standard InChI is InChI=1S/C19H30FN/c1-4-11-21-19(13-16-7-5-6-8-18(16)20)17-10-9-14(2)15(3)12-17/h5-8,14-15,17,19,21H,4,9-13H2,1-3H3. The first kappa shape index (κ1) is 16.5. The van der Waals surface area contributed by atoms with Crippen LogP contribution in [0.4, 0.5) is 4.39 Å². The molecule has 0 heterocycles. The number of rotatable bonds is 6. The molecule has 1 N–H and O–H groups in total. The second kappa shape index (κ2) is 7.93. The molecule has 1 nitrogen and oxygen atoms in total. The summed E-state index contributed by atoms with van der Waals surface area (Å²) < 4.78 is 14.0. The van der Waals surface area contributed by atoms with E-state index in [0.29, 0.717) is 12.0 Å². The molecule has 1 aliphatic carbocycles. The Labute approximate surface area is 129 Å². The first-order valence-electron chi connectivity index (χ1n) is 8.58. The van der Waals surface area contributed by atoms with Crippen molar-refractivity contribution in [2.45, 2.75) is 58.9 Å². The third kappa shape index (κ3) is 4.54. The van der Waals surface area contributed by atoms with Crippen LogP contribution in [0.1, 0.15) is 52.0 Å². The first-order chi connectivity index (χ1) is 10.1. The van der Waals surface area contributed by atoms with Gasteiger partial charge in [-0.2, -0.15) is 0 Å². The van der Waals surface area contributed by atoms with E-state index in [2.05, 4.69) is 26.1 Å². The van der Waals surface area contributed by atoms with E-state index in [1.54, 1.807) is 12.1 Å². The minimum Gasteiger partial charge on any atom is -0.313 e. The predicted molar refractivity (Wildman–Crippen MR) is 87.9 cm³/mol. The fourth-order valence-electron chi connectivity index (χ4n) is 3.59. The van der Waals surface area contributed by atoms with E-state index >= 15 is 0 Å². The van der Waals surface area contributed by atoms with Gasteiger partial charge < -0.3 is 5.32 Å². The van der Waals surface area contributed by atoms with Crippen LogP contribution in [0.2, 0.25) is 0 Å². The van der Waals surface area contributed by atoms with Crippen molar-refractivity contribution < 1.29 is 4.39 Å². The molecule has 4 unspecified atom stereocenters. The fraction of sp³-hybridized carbons (Fsp3) is 0.684. The molecule has 2 rings (SSSR count). The highest BCUT2D eigenvalue weighted by Gasteiger charge is 2.30. The number of nitrogens with one attached hydrogen (secondary N) is 1. The molecule has 0 spiro atoms. The summed E-state index contributed by atoms with van der Waals surface area (Å²) in [5.41, 5.74) is 0.859. The summed E-state index contributed by atoms with van der Waals surface area (Å²) in [5, 5.41) is 3.68. The van der Waals surface area contributed by atoms with E-state index in [0.717, 1.165) is 36.8 Å². The Hall–Kier alpha value is -0.890. The van der Waals surface area contributed by atoms with Crippen LogP contribution in [0.25, 0.3) is 0 Å². The summed E-state index contributed by atoms with van der Waals surface area (Å²) in [6.07, 6.45) is 5.82. The monoisotopic (exact) mass is 291 g/mol. The Morgan fingerprint density at radius 2 is 1.95 bits per heavy atom. The summed E-state index contributed by atoms with van der Waals surface area (Å²) in [4.78, 5) is 0. The molecule has 118 valence electrons. The average molecular weight is 291 g/mol. The highest BCUT2D eigenvalue weighted by atomic mass is 19.1. The molecule has 1 aromatic carbocycles. The molecule has 0 saturated heterocycles. The SMILES string of the molecule is CCCNC(Cc1ccccc1F)C1CCC(C)C(C)C1. The lowest BCUT2D eigenvalue weighted by Gasteiger charge is -2.37. The minimum absolute atomic E-state index is 0.0574. The average Bonchev–Trinajstić information content (AvgIpc) is 2.48. The second-order valence-electron chi connectivity index (χ2n) is 6.88. The Bertz CT molecular complexity index is 431. The number of hydrogen-bond donors (Lipinski definition) is 1. The molecule has 1 fully saturated rings. The molecule has 0 radical (unpaired) electrons. The normalized spacial score (nSPS) is 27.5. The van der Waals surface area contributed by atoms with Crippen molar-refractivity contribution in [2.24, 2.45) is 17.8 Å². The zero-order valence-corrected chi connectivity index (χ0v) is 13.7. The summed E-state index contributed by atoms with van der Waals surface area (Å²) in [5.74, 6) is 2.25. The van der Waals surface area contributed by atoms with E-state index in [1.165, 1.54) is 19.3 Å². The van der Waals surface area contributed by atoms with Crippen molar-refractivity contribution in [3.63, 3.8) is 0 Å². The number of benzene rings is 1. The highest BCUT2D eigenvalue weighted by molar-refractivity contribution is 5.18. The lowest BCUT2D eigenvalue weighted by Crippen LogP contribution is -2.41. The topological polar surface area (TPSA) is 12.0 Å². The molecule has 0 aliphatic heterocycles. The number of halogens is 1. The third-order valence-electron chi connectivity index (χ3n) is 5.26. The van der Waals surface area contributed by atoms with Crippen LogP contribution in [0.3, 0.4) is 0 Å². The zero-order valence-electron chi connectivity index (χ0n) is 13.7. The predicted octanol–water partition coefficient (Wildman–Crippen LogP) is 4.81. The summed E-state index contributed by atoms with van der Waals surface area (Å²) >= 11 is 0. The van der Waals surface area contributed by atoms with Crippen LogP contribution in [0.5, 0.6) is 0 Å². The van der Waals surface area contributed by atoms with E-state index in [9.17, 15) is 4.39 Å². The molecule has 1 aromatic rings. The van der Waals surface area contributed by atoms with Crippen molar-refractivity contribution in [2.75, 3.05) is 6.54 Å². The van der Waals surface area contributed by atoms with Crippen molar-refractivity contribution in [1.82, 2.24) is 5.32 Å². The zero-order chi connectivity index (χ0) is 15.2. The maximum absolute atomic E-state index is 14.0. The molecular formula is C19H30FN. The van der Waals surface area contributed by atoms with Crippen LogP contribution in [-0.4, -0.2) is 12.6 Å². The molecule has 0 aromatic heterocycles. The van der Waals surface area contributed by atoms with E-state index in [1.807, 2.05) is 12.1 Å². The van der Waals surface area contributed by atoms with Crippen LogP contribution in [-0.2, 0) is 6.42 Å². The molecule has 1 saturated carbocycles. The third-order valence-corrected chi connectivity index (χ3v) is 5.26. The van der Waals surface area contributed by atoms with Crippen LogP contribution in [0, 0.1) is 23.6 Å². The van der Waals surface area contributed by atoms with Gasteiger partial charge in [0.05, 0.1) is 0 Å². The van der Waals surface area contributed by atoms with Gasteiger partial charge in [-0.05, 0) is 61.6 Å². The van der Waals surface area contributed by atoms with Gasteiger partial charge >= 0.3 is 0 Å². The van der Waals surface area contributed by atoms with E-state index < -0.39 is 0 Å². The van der Waals surface area contributed by atoms with Gasteiger partial charge in [-0.25, -0.2) is 4.39 Å². The van der Waals surface area contributed by atoms with Crippen molar-refractivity contribution in [3.05, 3.63) is 35.6 Å². The Kier molecular flexibility index (Phi) is 6.22. The fourth-order valence-corrected chi connectivity index (χ4v) is 3.59. The molecular weight excluding hydrogens is 261 g/mol. The maximum Gasteiger partial charge on any atom is 0.126 e. The van der Waals surface area contributed by atoms with Gasteiger partial charge in [-0.1, -0.05) is 45.4 Å². The van der Waals surface area contributed by atoms with Gasteiger partial charge in [0.15, 0.2) is 0 Å². The minimum atomic E-state index is -0.0574. The smallest absolute Gasteiger partial charge is 0.126 e. The first-order valence-corrected chi connectivity index (χ1v) is 8.58. The number of hydrogen-bond acceptors (Lipinski definition) is 1. The Balaban J connectivity index is 2.05. The molecule has 2 heteroatoms. The molecule has 0 bridgehead atoms. The molecule has 0 amide bonds. The second-order valence-corrected chi connectivity index (χ2v) is 6.88. The summed E-state index contributed by atoms with van der Waals surface area (Å²) in [6.45, 7) is 7.96. The summed E-state index contributed by atoms with van der Waals surface area (Å²) in [6, 6.07) is 7.65. The van der Waals surface area contributed by atoms with Gasteiger partial charge in [0.1, 0.15) is 5.82 Å². The highest BCUT2D eigenvalue weighted by Crippen LogP contribution is 2.35. The lowest BCUT2D eigenvalue weighted by atomic mass is 9.72. The molecule has 4 atom stereocenters. The van der Waals surface area contributed by atoms with E-state index in [-0.39, 0.29) is 5.82 Å². The largest absolute Gasteiger partial charge is 0.313 e. The molecule has 21 heavy (non-hydrogen) atoms. The Morgan fingerprint density at radius 1 is 1.19 bits per heavy atom.